The number of rotatable bonds is 4. The lowest BCUT2D eigenvalue weighted by atomic mass is 10.1. The average Bonchev–Trinajstić information content (AvgIpc) is 2.60. The number of furan rings is 1. The SMILES string of the molecule is CC(C)(C)OC(=O)N[C@H](CC(=O)O)c1ccc(Br)o1. The molecule has 7 heteroatoms. The Labute approximate surface area is 119 Å². The molecule has 1 aromatic heterocycles. The van der Waals surface area contributed by atoms with Gasteiger partial charge in [0.1, 0.15) is 17.4 Å². The van der Waals surface area contributed by atoms with Crippen molar-refractivity contribution in [2.75, 3.05) is 0 Å². The van der Waals surface area contributed by atoms with Crippen LogP contribution in [0.2, 0.25) is 0 Å². The zero-order chi connectivity index (χ0) is 14.6. The molecule has 106 valence electrons. The Balaban J connectivity index is 2.76. The third-order valence-corrected chi connectivity index (χ3v) is 2.43. The van der Waals surface area contributed by atoms with E-state index in [0.717, 1.165) is 0 Å². The van der Waals surface area contributed by atoms with Crippen LogP contribution in [0.15, 0.2) is 21.2 Å². The largest absolute Gasteiger partial charge is 0.481 e. The highest BCUT2D eigenvalue weighted by Gasteiger charge is 2.24. The standard InChI is InChI=1S/C12H16BrNO5/c1-12(2,3)19-11(17)14-7(6-10(15)16)8-4-5-9(13)18-8/h4-5,7H,6H2,1-3H3,(H,14,17)(H,15,16)/t7-/m1/s1. The van der Waals surface area contributed by atoms with Gasteiger partial charge in [-0.05, 0) is 48.8 Å². The Bertz CT molecular complexity index is 463. The maximum atomic E-state index is 11.7. The summed E-state index contributed by atoms with van der Waals surface area (Å²) in [6, 6.07) is 2.44. The maximum absolute atomic E-state index is 11.7. The molecule has 0 bridgehead atoms. The second kappa shape index (κ2) is 6.10. The monoisotopic (exact) mass is 333 g/mol. The van der Waals surface area contributed by atoms with Crippen molar-refractivity contribution < 1.29 is 23.8 Å². The Morgan fingerprint density at radius 1 is 1.47 bits per heavy atom. The molecule has 0 unspecified atom stereocenters. The van der Waals surface area contributed by atoms with Crippen molar-refractivity contribution >= 4 is 28.0 Å². The Morgan fingerprint density at radius 3 is 2.53 bits per heavy atom. The van der Waals surface area contributed by atoms with E-state index in [9.17, 15) is 9.59 Å². The first-order chi connectivity index (χ1) is 8.67. The maximum Gasteiger partial charge on any atom is 0.408 e. The van der Waals surface area contributed by atoms with E-state index in [4.69, 9.17) is 14.3 Å². The Morgan fingerprint density at radius 2 is 2.11 bits per heavy atom. The van der Waals surface area contributed by atoms with Gasteiger partial charge < -0.3 is 19.6 Å². The number of carbonyl (C=O) groups excluding carboxylic acids is 1. The molecule has 0 aromatic carbocycles. The van der Waals surface area contributed by atoms with Crippen molar-refractivity contribution in [2.45, 2.75) is 38.8 Å². The van der Waals surface area contributed by atoms with Crippen LogP contribution in [-0.4, -0.2) is 22.8 Å². The van der Waals surface area contributed by atoms with E-state index in [1.165, 1.54) is 0 Å². The van der Waals surface area contributed by atoms with Gasteiger partial charge in [0.2, 0.25) is 0 Å². The normalized spacial score (nSPS) is 12.8. The third kappa shape index (κ3) is 5.78. The molecular weight excluding hydrogens is 318 g/mol. The molecule has 0 saturated carbocycles. The molecule has 1 heterocycles. The lowest BCUT2D eigenvalue weighted by Gasteiger charge is -2.22. The summed E-state index contributed by atoms with van der Waals surface area (Å²) < 4.78 is 10.8. The fourth-order valence-corrected chi connectivity index (χ4v) is 1.68. The van der Waals surface area contributed by atoms with E-state index in [-0.39, 0.29) is 6.42 Å². The van der Waals surface area contributed by atoms with Crippen molar-refractivity contribution in [1.29, 1.82) is 0 Å². The molecule has 1 aromatic rings. The summed E-state index contributed by atoms with van der Waals surface area (Å²) in [6.07, 6.45) is -0.981. The number of ether oxygens (including phenoxy) is 1. The number of halogens is 1. The smallest absolute Gasteiger partial charge is 0.408 e. The van der Waals surface area contributed by atoms with Crippen LogP contribution in [0.4, 0.5) is 4.79 Å². The highest BCUT2D eigenvalue weighted by atomic mass is 79.9. The zero-order valence-corrected chi connectivity index (χ0v) is 12.5. The van der Waals surface area contributed by atoms with E-state index in [2.05, 4.69) is 21.2 Å². The summed E-state index contributed by atoms with van der Waals surface area (Å²) in [4.78, 5) is 22.5. The summed E-state index contributed by atoms with van der Waals surface area (Å²) in [6.45, 7) is 5.17. The van der Waals surface area contributed by atoms with Crippen molar-refractivity contribution in [2.24, 2.45) is 0 Å². The van der Waals surface area contributed by atoms with Gasteiger partial charge in [-0.3, -0.25) is 4.79 Å². The highest BCUT2D eigenvalue weighted by Crippen LogP contribution is 2.23. The third-order valence-electron chi connectivity index (χ3n) is 2.01. The van der Waals surface area contributed by atoms with Crippen LogP contribution in [0.5, 0.6) is 0 Å². The van der Waals surface area contributed by atoms with Gasteiger partial charge >= 0.3 is 12.1 Å². The first-order valence-corrected chi connectivity index (χ1v) is 6.43. The predicted octanol–water partition coefficient (Wildman–Crippen LogP) is 3.08. The number of carbonyl (C=O) groups is 2. The molecule has 1 amide bonds. The Hall–Kier alpha value is -1.50. The molecule has 0 saturated heterocycles. The Kier molecular flexibility index (Phi) is 4.99. The summed E-state index contributed by atoms with van der Waals surface area (Å²) in [5.41, 5.74) is -0.651. The van der Waals surface area contributed by atoms with Gasteiger partial charge in [-0.1, -0.05) is 0 Å². The number of nitrogens with one attached hydrogen (secondary N) is 1. The first kappa shape index (κ1) is 15.6. The number of aliphatic carboxylic acids is 1. The molecule has 0 spiro atoms. The van der Waals surface area contributed by atoms with Gasteiger partial charge in [-0.2, -0.15) is 0 Å². The van der Waals surface area contributed by atoms with Crippen LogP contribution >= 0.6 is 15.9 Å². The highest BCUT2D eigenvalue weighted by molar-refractivity contribution is 9.10. The lowest BCUT2D eigenvalue weighted by molar-refractivity contribution is -0.137. The van der Waals surface area contributed by atoms with E-state index in [1.807, 2.05) is 0 Å². The van der Waals surface area contributed by atoms with Crippen LogP contribution in [0.25, 0.3) is 0 Å². The summed E-state index contributed by atoms with van der Waals surface area (Å²) in [5.74, 6) is -0.700. The number of carboxylic acid groups (broad SMARTS) is 1. The molecule has 1 atom stereocenters. The van der Waals surface area contributed by atoms with Gasteiger partial charge in [0.25, 0.3) is 0 Å². The van der Waals surface area contributed by atoms with Crippen LogP contribution < -0.4 is 5.32 Å². The van der Waals surface area contributed by atoms with Crippen LogP contribution in [0.1, 0.15) is 39.0 Å². The van der Waals surface area contributed by atoms with Gasteiger partial charge in [0.05, 0.1) is 6.42 Å². The summed E-state index contributed by atoms with van der Waals surface area (Å²) in [5, 5.41) is 11.3. The number of alkyl carbamates (subject to hydrolysis) is 1. The fraction of sp³-hybridized carbons (Fsp3) is 0.500. The van der Waals surface area contributed by atoms with E-state index in [0.29, 0.717) is 10.4 Å². The molecule has 6 nitrogen and oxygen atoms in total. The van der Waals surface area contributed by atoms with Gasteiger partial charge in [0.15, 0.2) is 4.67 Å². The molecule has 0 fully saturated rings. The fourth-order valence-electron chi connectivity index (χ4n) is 1.36. The molecule has 2 N–H and O–H groups in total. The zero-order valence-electron chi connectivity index (χ0n) is 10.9. The molecule has 0 aliphatic carbocycles. The number of amides is 1. The van der Waals surface area contributed by atoms with Gasteiger partial charge in [-0.15, -0.1) is 0 Å². The van der Waals surface area contributed by atoms with Crippen molar-refractivity contribution in [3.05, 3.63) is 22.6 Å². The minimum Gasteiger partial charge on any atom is -0.481 e. The first-order valence-electron chi connectivity index (χ1n) is 5.64. The summed E-state index contributed by atoms with van der Waals surface area (Å²) >= 11 is 3.12. The number of hydrogen-bond acceptors (Lipinski definition) is 4. The van der Waals surface area contributed by atoms with Gasteiger partial charge in [-0.25, -0.2) is 4.79 Å². The molecule has 0 aliphatic rings. The van der Waals surface area contributed by atoms with Crippen LogP contribution in [0, 0.1) is 0 Å². The topological polar surface area (TPSA) is 88.8 Å². The molecule has 0 aliphatic heterocycles. The van der Waals surface area contributed by atoms with Gasteiger partial charge in [0, 0.05) is 0 Å². The molecule has 1 rings (SSSR count). The van der Waals surface area contributed by atoms with E-state index in [1.54, 1.807) is 32.9 Å². The number of hydrogen-bond donors (Lipinski definition) is 2. The molecule has 19 heavy (non-hydrogen) atoms. The van der Waals surface area contributed by atoms with Crippen molar-refractivity contribution in [3.8, 4) is 0 Å². The van der Waals surface area contributed by atoms with Crippen LogP contribution in [0.3, 0.4) is 0 Å². The number of carboxylic acids is 1. The quantitative estimate of drug-likeness (QED) is 0.883. The predicted molar refractivity (Wildman–Crippen MR) is 70.8 cm³/mol. The lowest BCUT2D eigenvalue weighted by Crippen LogP contribution is -2.35. The van der Waals surface area contributed by atoms with Crippen molar-refractivity contribution in [1.82, 2.24) is 5.32 Å². The molecule has 0 radical (unpaired) electrons. The second-order valence-electron chi connectivity index (χ2n) is 4.94. The molecular formula is C12H16BrNO5. The average molecular weight is 334 g/mol. The second-order valence-corrected chi connectivity index (χ2v) is 5.72. The van der Waals surface area contributed by atoms with Crippen molar-refractivity contribution in [3.63, 3.8) is 0 Å². The minimum absolute atomic E-state index is 0.292. The van der Waals surface area contributed by atoms with Crippen LogP contribution in [-0.2, 0) is 9.53 Å². The van der Waals surface area contributed by atoms with E-state index < -0.39 is 23.7 Å². The summed E-state index contributed by atoms with van der Waals surface area (Å²) in [7, 11) is 0. The van der Waals surface area contributed by atoms with E-state index >= 15 is 0 Å². The minimum atomic E-state index is -1.05.